The molecule has 1 atom stereocenters. The van der Waals surface area contributed by atoms with E-state index in [2.05, 4.69) is 29.5 Å². The molecule has 23 heavy (non-hydrogen) atoms. The molecule has 1 fully saturated rings. The normalized spacial score (nSPS) is 19.0. The molecule has 0 saturated carbocycles. The molecule has 1 unspecified atom stereocenters. The van der Waals surface area contributed by atoms with Gasteiger partial charge in [-0.1, -0.05) is 37.7 Å². The SMILES string of the molecule is CC(C)c1ccc(NC(=O)CC2SC(=NC(=N)N)NC2=O)cc1. The number of amidine groups is 1. The average molecular weight is 333 g/mol. The van der Waals surface area contributed by atoms with Crippen molar-refractivity contribution in [2.24, 2.45) is 10.7 Å². The van der Waals surface area contributed by atoms with Crippen LogP contribution in [0.5, 0.6) is 0 Å². The third kappa shape index (κ3) is 4.82. The smallest absolute Gasteiger partial charge is 0.240 e. The van der Waals surface area contributed by atoms with Crippen LogP contribution in [-0.2, 0) is 9.59 Å². The molecule has 7 nitrogen and oxygen atoms in total. The average Bonchev–Trinajstić information content (AvgIpc) is 2.78. The molecular formula is C15H19N5O2S. The van der Waals surface area contributed by atoms with Crippen LogP contribution in [-0.4, -0.2) is 28.2 Å². The van der Waals surface area contributed by atoms with Gasteiger partial charge in [-0.15, -0.1) is 0 Å². The van der Waals surface area contributed by atoms with Crippen molar-refractivity contribution in [3.05, 3.63) is 29.8 Å². The fourth-order valence-electron chi connectivity index (χ4n) is 2.03. The number of aliphatic imine (C=N–C) groups is 1. The van der Waals surface area contributed by atoms with Gasteiger partial charge in [0.05, 0.1) is 0 Å². The number of carbonyl (C=O) groups excluding carboxylic acids is 2. The van der Waals surface area contributed by atoms with Crippen molar-refractivity contribution in [2.45, 2.75) is 31.4 Å². The molecule has 2 rings (SSSR count). The number of rotatable bonds is 4. The molecule has 0 radical (unpaired) electrons. The first-order chi connectivity index (χ1) is 10.8. The number of guanidine groups is 1. The summed E-state index contributed by atoms with van der Waals surface area (Å²) in [6.07, 6.45) is 0.0271. The van der Waals surface area contributed by atoms with Gasteiger partial charge < -0.3 is 16.4 Å². The quantitative estimate of drug-likeness (QED) is 0.494. The van der Waals surface area contributed by atoms with Crippen molar-refractivity contribution in [2.75, 3.05) is 5.32 Å². The van der Waals surface area contributed by atoms with Crippen molar-refractivity contribution in [3.63, 3.8) is 0 Å². The molecule has 1 aliphatic heterocycles. The van der Waals surface area contributed by atoms with E-state index in [4.69, 9.17) is 11.1 Å². The van der Waals surface area contributed by atoms with Crippen molar-refractivity contribution >= 4 is 40.4 Å². The fraction of sp³-hybridized carbons (Fsp3) is 0.333. The van der Waals surface area contributed by atoms with E-state index in [1.165, 1.54) is 5.56 Å². The van der Waals surface area contributed by atoms with E-state index in [-0.39, 0.29) is 29.4 Å². The van der Waals surface area contributed by atoms with E-state index in [0.29, 0.717) is 11.6 Å². The second-order valence-electron chi connectivity index (χ2n) is 5.43. The molecular weight excluding hydrogens is 314 g/mol. The first kappa shape index (κ1) is 17.0. The lowest BCUT2D eigenvalue weighted by molar-refractivity contribution is -0.122. The number of thioether (sulfide) groups is 1. The Bertz CT molecular complexity index is 654. The van der Waals surface area contributed by atoms with Crippen molar-refractivity contribution < 1.29 is 9.59 Å². The van der Waals surface area contributed by atoms with Gasteiger partial charge in [0.2, 0.25) is 17.8 Å². The van der Waals surface area contributed by atoms with Crippen LogP contribution in [0.25, 0.3) is 0 Å². The summed E-state index contributed by atoms with van der Waals surface area (Å²) in [5.74, 6) is -0.514. The number of nitrogens with two attached hydrogens (primary N) is 1. The largest absolute Gasteiger partial charge is 0.368 e. The Labute approximate surface area is 138 Å². The van der Waals surface area contributed by atoms with E-state index < -0.39 is 5.25 Å². The second-order valence-corrected chi connectivity index (χ2v) is 6.62. The number of hydrogen-bond acceptors (Lipinski definition) is 4. The lowest BCUT2D eigenvalue weighted by Gasteiger charge is -2.09. The first-order valence-corrected chi connectivity index (χ1v) is 8.03. The van der Waals surface area contributed by atoms with Gasteiger partial charge in [0.15, 0.2) is 5.17 Å². The Morgan fingerprint density at radius 1 is 1.43 bits per heavy atom. The van der Waals surface area contributed by atoms with Crippen LogP contribution in [0.15, 0.2) is 29.3 Å². The van der Waals surface area contributed by atoms with Crippen LogP contribution in [0.4, 0.5) is 5.69 Å². The second kappa shape index (κ2) is 7.28. The molecule has 0 aromatic heterocycles. The minimum Gasteiger partial charge on any atom is -0.368 e. The van der Waals surface area contributed by atoms with Crippen molar-refractivity contribution in [1.29, 1.82) is 5.41 Å². The number of nitrogens with one attached hydrogen (secondary N) is 3. The first-order valence-electron chi connectivity index (χ1n) is 7.15. The highest BCUT2D eigenvalue weighted by atomic mass is 32.2. The Kier molecular flexibility index (Phi) is 5.38. The number of amides is 2. The van der Waals surface area contributed by atoms with Crippen LogP contribution in [0.2, 0.25) is 0 Å². The maximum Gasteiger partial charge on any atom is 0.240 e. The van der Waals surface area contributed by atoms with Crippen LogP contribution >= 0.6 is 11.8 Å². The summed E-state index contributed by atoms with van der Waals surface area (Å²) >= 11 is 1.10. The summed E-state index contributed by atoms with van der Waals surface area (Å²) in [6, 6.07) is 7.62. The zero-order chi connectivity index (χ0) is 17.0. The minimum absolute atomic E-state index is 0.0271. The van der Waals surface area contributed by atoms with Gasteiger partial charge in [0.1, 0.15) is 5.25 Å². The Morgan fingerprint density at radius 2 is 2.09 bits per heavy atom. The van der Waals surface area contributed by atoms with E-state index in [0.717, 1.165) is 11.8 Å². The summed E-state index contributed by atoms with van der Waals surface area (Å²) in [5.41, 5.74) is 7.04. The Morgan fingerprint density at radius 3 is 2.65 bits per heavy atom. The maximum atomic E-state index is 12.1. The summed E-state index contributed by atoms with van der Waals surface area (Å²) in [4.78, 5) is 27.5. The molecule has 2 amide bonds. The van der Waals surface area contributed by atoms with Gasteiger partial charge >= 0.3 is 0 Å². The number of hydrogen-bond donors (Lipinski definition) is 4. The van der Waals surface area contributed by atoms with E-state index in [9.17, 15) is 9.59 Å². The Balaban J connectivity index is 1.92. The van der Waals surface area contributed by atoms with Gasteiger partial charge in [0, 0.05) is 12.1 Å². The van der Waals surface area contributed by atoms with E-state index in [1.54, 1.807) is 0 Å². The molecule has 8 heteroatoms. The monoisotopic (exact) mass is 333 g/mol. The molecule has 122 valence electrons. The predicted octanol–water partition coefficient (Wildman–Crippen LogP) is 1.62. The van der Waals surface area contributed by atoms with Gasteiger partial charge in [-0.25, -0.2) is 0 Å². The molecule has 5 N–H and O–H groups in total. The third-order valence-corrected chi connectivity index (χ3v) is 4.31. The summed E-state index contributed by atoms with van der Waals surface area (Å²) in [7, 11) is 0. The van der Waals surface area contributed by atoms with Crippen LogP contribution in [0, 0.1) is 5.41 Å². The number of anilines is 1. The van der Waals surface area contributed by atoms with E-state index in [1.807, 2.05) is 24.3 Å². The molecule has 1 saturated heterocycles. The lowest BCUT2D eigenvalue weighted by atomic mass is 10.0. The van der Waals surface area contributed by atoms with Crippen molar-refractivity contribution in [1.82, 2.24) is 5.32 Å². The fourth-order valence-corrected chi connectivity index (χ4v) is 3.01. The molecule has 1 aromatic rings. The van der Waals surface area contributed by atoms with Gasteiger partial charge in [-0.3, -0.25) is 15.0 Å². The summed E-state index contributed by atoms with van der Waals surface area (Å²) < 4.78 is 0. The number of carbonyl (C=O) groups is 2. The molecule has 1 aromatic carbocycles. The zero-order valence-corrected chi connectivity index (χ0v) is 13.7. The number of nitrogens with zero attached hydrogens (tertiary/aromatic N) is 1. The number of benzene rings is 1. The molecule has 0 bridgehead atoms. The van der Waals surface area contributed by atoms with Gasteiger partial charge in [0.25, 0.3) is 0 Å². The maximum absolute atomic E-state index is 12.1. The zero-order valence-electron chi connectivity index (χ0n) is 12.9. The highest BCUT2D eigenvalue weighted by Crippen LogP contribution is 2.23. The van der Waals surface area contributed by atoms with Crippen molar-refractivity contribution in [3.8, 4) is 0 Å². The predicted molar refractivity (Wildman–Crippen MR) is 92.6 cm³/mol. The molecule has 1 aliphatic rings. The van der Waals surface area contributed by atoms with Crippen LogP contribution in [0.3, 0.4) is 0 Å². The third-order valence-electron chi connectivity index (χ3n) is 3.23. The van der Waals surface area contributed by atoms with Crippen LogP contribution in [0.1, 0.15) is 31.7 Å². The Hall–Kier alpha value is -2.35. The highest BCUT2D eigenvalue weighted by Gasteiger charge is 2.32. The summed E-state index contributed by atoms with van der Waals surface area (Å²) in [6.45, 7) is 4.20. The van der Waals surface area contributed by atoms with Gasteiger partial charge in [-0.05, 0) is 23.6 Å². The molecule has 1 heterocycles. The molecule has 0 spiro atoms. The lowest BCUT2D eigenvalue weighted by Crippen LogP contribution is -2.28. The molecule has 0 aliphatic carbocycles. The minimum atomic E-state index is -0.567. The summed E-state index contributed by atoms with van der Waals surface area (Å²) in [5, 5.41) is 12.0. The highest BCUT2D eigenvalue weighted by molar-refractivity contribution is 8.15. The topological polar surface area (TPSA) is 120 Å². The van der Waals surface area contributed by atoms with E-state index >= 15 is 0 Å². The van der Waals surface area contributed by atoms with Gasteiger partial charge in [-0.2, -0.15) is 4.99 Å². The standard InChI is InChI=1S/C15H19N5O2S/c1-8(2)9-3-5-10(6-4-9)18-12(21)7-11-13(22)19-15(23-11)20-14(16)17/h3-6,8,11H,7H2,1-2H3,(H,18,21)(H4,16,17,19,20,22). The van der Waals surface area contributed by atoms with Crippen LogP contribution < -0.4 is 16.4 Å².